The molecule has 1 atom stereocenters. The van der Waals surface area contributed by atoms with Gasteiger partial charge in [0.25, 0.3) is 0 Å². The Balaban J connectivity index is 1.76. The molecule has 6 nitrogen and oxygen atoms in total. The van der Waals surface area contributed by atoms with Crippen LogP contribution in [0.4, 0.5) is 5.82 Å². The first kappa shape index (κ1) is 20.3. The number of amides is 2. The fourth-order valence-corrected chi connectivity index (χ4v) is 3.25. The minimum atomic E-state index is -0.651. The van der Waals surface area contributed by atoms with Gasteiger partial charge in [0, 0.05) is 25.6 Å². The molecule has 3 aromatic rings. The number of nitrogens with two attached hydrogens (primary N) is 1. The van der Waals surface area contributed by atoms with Crippen LogP contribution in [0.1, 0.15) is 30.9 Å². The van der Waals surface area contributed by atoms with Crippen molar-refractivity contribution >= 4 is 28.4 Å². The van der Waals surface area contributed by atoms with E-state index in [-0.39, 0.29) is 11.8 Å². The summed E-state index contributed by atoms with van der Waals surface area (Å²) < 4.78 is 0. The summed E-state index contributed by atoms with van der Waals surface area (Å²) in [4.78, 5) is 29.1. The molecular formula is C23H26N4O2. The van der Waals surface area contributed by atoms with Crippen molar-refractivity contribution in [2.24, 2.45) is 0 Å². The highest BCUT2D eigenvalue weighted by atomic mass is 16.2. The second kappa shape index (κ2) is 9.68. The number of carbonyl (C=O) groups is 2. The van der Waals surface area contributed by atoms with Gasteiger partial charge in [-0.3, -0.25) is 9.59 Å². The fourth-order valence-electron chi connectivity index (χ4n) is 3.25. The van der Waals surface area contributed by atoms with Gasteiger partial charge < -0.3 is 16.4 Å². The Morgan fingerprint density at radius 3 is 2.62 bits per heavy atom. The predicted molar refractivity (Wildman–Crippen MR) is 115 cm³/mol. The molecule has 2 amide bonds. The van der Waals surface area contributed by atoms with E-state index in [1.54, 1.807) is 12.3 Å². The minimum Gasteiger partial charge on any atom is -0.384 e. The van der Waals surface area contributed by atoms with E-state index in [1.165, 1.54) is 0 Å². The Morgan fingerprint density at radius 2 is 1.86 bits per heavy atom. The lowest BCUT2D eigenvalue weighted by Gasteiger charge is -2.19. The number of carbonyl (C=O) groups excluding carboxylic acids is 2. The molecular weight excluding hydrogens is 364 g/mol. The first-order chi connectivity index (χ1) is 14.1. The molecule has 0 aliphatic rings. The fraction of sp³-hybridized carbons (Fsp3) is 0.261. The number of nitrogen functional groups attached to an aromatic ring is 1. The van der Waals surface area contributed by atoms with Crippen molar-refractivity contribution in [2.45, 2.75) is 38.8 Å². The van der Waals surface area contributed by atoms with Gasteiger partial charge in [0.15, 0.2) is 0 Å². The van der Waals surface area contributed by atoms with Crippen molar-refractivity contribution in [2.75, 3.05) is 5.73 Å². The molecule has 0 aliphatic carbocycles. The molecule has 0 unspecified atom stereocenters. The lowest BCUT2D eigenvalue weighted by molar-refractivity contribution is -0.129. The van der Waals surface area contributed by atoms with Crippen LogP contribution >= 0.6 is 0 Å². The molecule has 0 spiro atoms. The van der Waals surface area contributed by atoms with Crippen LogP contribution in [0.25, 0.3) is 10.8 Å². The van der Waals surface area contributed by atoms with Crippen molar-refractivity contribution in [3.05, 3.63) is 71.9 Å². The molecule has 0 aliphatic heterocycles. The summed E-state index contributed by atoms with van der Waals surface area (Å²) in [6.45, 7) is 2.26. The zero-order valence-electron chi connectivity index (χ0n) is 16.5. The van der Waals surface area contributed by atoms with E-state index in [1.807, 2.05) is 55.5 Å². The Labute approximate surface area is 170 Å². The number of nitrogens with zero attached hydrogens (tertiary/aromatic N) is 1. The molecule has 29 heavy (non-hydrogen) atoms. The van der Waals surface area contributed by atoms with Crippen molar-refractivity contribution in [3.63, 3.8) is 0 Å². The molecule has 0 fully saturated rings. The van der Waals surface area contributed by atoms with Gasteiger partial charge in [0.05, 0.1) is 0 Å². The van der Waals surface area contributed by atoms with E-state index in [9.17, 15) is 9.59 Å². The van der Waals surface area contributed by atoms with Gasteiger partial charge in [-0.25, -0.2) is 4.98 Å². The zero-order chi connectivity index (χ0) is 20.6. The molecule has 0 bridgehead atoms. The summed E-state index contributed by atoms with van der Waals surface area (Å²) >= 11 is 0. The highest BCUT2D eigenvalue weighted by Crippen LogP contribution is 2.20. The molecule has 1 aromatic heterocycles. The number of fused-ring (bicyclic) bond motifs is 1. The maximum atomic E-state index is 12.9. The van der Waals surface area contributed by atoms with E-state index >= 15 is 0 Å². The molecule has 4 N–H and O–H groups in total. The first-order valence-corrected chi connectivity index (χ1v) is 9.81. The number of pyridine rings is 1. The topological polar surface area (TPSA) is 97.1 Å². The number of hydrogen-bond acceptors (Lipinski definition) is 4. The highest BCUT2D eigenvalue weighted by molar-refractivity contribution is 5.90. The third kappa shape index (κ3) is 5.54. The Hall–Kier alpha value is -3.41. The number of rotatable bonds is 8. The number of aromatic nitrogens is 1. The molecule has 0 radical (unpaired) electrons. The largest absolute Gasteiger partial charge is 0.384 e. The van der Waals surface area contributed by atoms with Crippen molar-refractivity contribution in [1.29, 1.82) is 0 Å². The van der Waals surface area contributed by atoms with Crippen LogP contribution in [0.2, 0.25) is 0 Å². The summed E-state index contributed by atoms with van der Waals surface area (Å²) in [5.74, 6) is 0.0852. The Bertz CT molecular complexity index is 980. The predicted octanol–water partition coefficient (Wildman–Crippen LogP) is 2.96. The molecule has 0 saturated heterocycles. The molecule has 3 rings (SSSR count). The van der Waals surface area contributed by atoms with Crippen LogP contribution in [-0.2, 0) is 22.6 Å². The lowest BCUT2D eigenvalue weighted by Crippen LogP contribution is -2.47. The van der Waals surface area contributed by atoms with Gasteiger partial charge in [0.1, 0.15) is 11.9 Å². The van der Waals surface area contributed by atoms with E-state index in [0.717, 1.165) is 28.3 Å². The number of nitrogens with one attached hydrogen (secondary N) is 2. The summed E-state index contributed by atoms with van der Waals surface area (Å²) in [5.41, 5.74) is 7.47. The van der Waals surface area contributed by atoms with E-state index in [2.05, 4.69) is 15.6 Å². The van der Waals surface area contributed by atoms with Crippen LogP contribution in [-0.4, -0.2) is 22.8 Å². The maximum Gasteiger partial charge on any atom is 0.243 e. The van der Waals surface area contributed by atoms with Gasteiger partial charge in [-0.1, -0.05) is 55.5 Å². The highest BCUT2D eigenvalue weighted by Gasteiger charge is 2.21. The number of hydrogen-bond donors (Lipinski definition) is 3. The molecule has 6 heteroatoms. The van der Waals surface area contributed by atoms with E-state index < -0.39 is 6.04 Å². The minimum absolute atomic E-state index is 0.123. The number of benzene rings is 2. The summed E-state index contributed by atoms with van der Waals surface area (Å²) in [6, 6.07) is 16.9. The van der Waals surface area contributed by atoms with Crippen LogP contribution in [0.15, 0.2) is 60.8 Å². The average molecular weight is 390 g/mol. The van der Waals surface area contributed by atoms with Gasteiger partial charge in [0.2, 0.25) is 11.8 Å². The summed E-state index contributed by atoms with van der Waals surface area (Å²) in [7, 11) is 0. The summed E-state index contributed by atoms with van der Waals surface area (Å²) in [5, 5.41) is 7.98. The average Bonchev–Trinajstić information content (AvgIpc) is 2.73. The quantitative estimate of drug-likeness (QED) is 0.551. The maximum absolute atomic E-state index is 12.9. The standard InChI is InChI=1S/C23H26N4O2/c1-2-6-22(28)27-20(23(29)26-15-16-11-12-21(24)25-14-16)13-18-9-5-8-17-7-3-4-10-19(17)18/h3-5,7-12,14,20H,2,6,13,15H2,1H3,(H2,24,25)(H,26,29)(H,27,28)/t20-/m0/s1. The van der Waals surface area contributed by atoms with Crippen LogP contribution in [0, 0.1) is 0 Å². The van der Waals surface area contributed by atoms with Crippen molar-refractivity contribution < 1.29 is 9.59 Å². The smallest absolute Gasteiger partial charge is 0.243 e. The molecule has 1 heterocycles. The van der Waals surface area contributed by atoms with Crippen LogP contribution in [0.3, 0.4) is 0 Å². The SMILES string of the molecule is CCCC(=O)N[C@@H](Cc1cccc2ccccc12)C(=O)NCc1ccc(N)nc1. The van der Waals surface area contributed by atoms with E-state index in [4.69, 9.17) is 5.73 Å². The monoisotopic (exact) mass is 390 g/mol. The number of anilines is 1. The molecule has 0 saturated carbocycles. The Kier molecular flexibility index (Phi) is 6.79. The Morgan fingerprint density at radius 1 is 1.07 bits per heavy atom. The zero-order valence-corrected chi connectivity index (χ0v) is 16.5. The second-order valence-electron chi connectivity index (χ2n) is 7.02. The first-order valence-electron chi connectivity index (χ1n) is 9.81. The van der Waals surface area contributed by atoms with Crippen LogP contribution in [0.5, 0.6) is 0 Å². The van der Waals surface area contributed by atoms with Crippen molar-refractivity contribution in [1.82, 2.24) is 15.6 Å². The normalized spacial score (nSPS) is 11.8. The third-order valence-electron chi connectivity index (χ3n) is 4.75. The van der Waals surface area contributed by atoms with Gasteiger partial charge in [-0.15, -0.1) is 0 Å². The molecule has 150 valence electrons. The molecule has 2 aromatic carbocycles. The van der Waals surface area contributed by atoms with Gasteiger partial charge >= 0.3 is 0 Å². The third-order valence-corrected chi connectivity index (χ3v) is 4.75. The van der Waals surface area contributed by atoms with Gasteiger partial charge in [-0.05, 0) is 34.4 Å². The summed E-state index contributed by atoms with van der Waals surface area (Å²) in [6.07, 6.45) is 3.17. The lowest BCUT2D eigenvalue weighted by atomic mass is 9.98. The second-order valence-corrected chi connectivity index (χ2v) is 7.02. The van der Waals surface area contributed by atoms with Crippen LogP contribution < -0.4 is 16.4 Å². The van der Waals surface area contributed by atoms with E-state index in [0.29, 0.717) is 25.2 Å². The van der Waals surface area contributed by atoms with Gasteiger partial charge in [-0.2, -0.15) is 0 Å². The van der Waals surface area contributed by atoms with Crippen molar-refractivity contribution in [3.8, 4) is 0 Å².